The van der Waals surface area contributed by atoms with Crippen LogP contribution in [0.2, 0.25) is 0 Å². The third kappa shape index (κ3) is 9.11. The highest BCUT2D eigenvalue weighted by molar-refractivity contribution is 5.73. The zero-order valence-electron chi connectivity index (χ0n) is 27.4. The highest BCUT2D eigenvalue weighted by atomic mass is 16.8. The minimum absolute atomic E-state index is 0.678. The summed E-state index contributed by atoms with van der Waals surface area (Å²) in [5, 5.41) is 129. The average Bonchev–Trinajstić information content (AvgIpc) is 3.09. The Morgan fingerprint density at radius 2 is 0.882 bits per heavy atom. The van der Waals surface area contributed by atoms with Gasteiger partial charge in [-0.15, -0.1) is 0 Å². The molecule has 14 N–H and O–H groups in total. The molecule has 4 aliphatic rings. The number of hydrogen-bond donors (Lipinski definition) is 14. The van der Waals surface area contributed by atoms with Crippen molar-refractivity contribution in [3.05, 3.63) is 0 Å². The predicted molar refractivity (Wildman–Crippen MR) is 157 cm³/mol. The molecule has 0 saturated carbocycles. The number of nitrogens with one attached hydrogen (secondary N) is 2. The Morgan fingerprint density at radius 1 is 0.471 bits per heavy atom. The maximum atomic E-state index is 12.2. The van der Waals surface area contributed by atoms with Crippen LogP contribution >= 0.6 is 0 Å². The maximum absolute atomic E-state index is 12.2. The first-order valence-corrected chi connectivity index (χ1v) is 16.1. The first-order chi connectivity index (χ1) is 24.1. The number of carbonyl (C=O) groups excluding carboxylic acids is 2. The summed E-state index contributed by atoms with van der Waals surface area (Å²) in [4.78, 5) is 24.0. The third-order valence-corrected chi connectivity index (χ3v) is 9.01. The second kappa shape index (κ2) is 18.0. The maximum Gasteiger partial charge on any atom is 0.217 e. The van der Waals surface area contributed by atoms with Crippen LogP contribution in [0.5, 0.6) is 0 Å². The van der Waals surface area contributed by atoms with Gasteiger partial charge in [-0.3, -0.25) is 9.59 Å². The molecule has 51 heavy (non-hydrogen) atoms. The fraction of sp³-hybridized carbons (Fsp3) is 0.929. The van der Waals surface area contributed by atoms with Gasteiger partial charge in [0.1, 0.15) is 97.5 Å². The molecule has 0 aromatic carbocycles. The molecular weight excluding hydrogens is 700 g/mol. The van der Waals surface area contributed by atoms with E-state index >= 15 is 0 Å². The molecule has 4 fully saturated rings. The quantitative estimate of drug-likeness (QED) is 0.0881. The van der Waals surface area contributed by atoms with Crippen LogP contribution in [0, 0.1) is 0 Å². The van der Waals surface area contributed by atoms with Crippen molar-refractivity contribution >= 4 is 11.8 Å². The van der Waals surface area contributed by atoms with E-state index in [1.165, 1.54) is 0 Å². The van der Waals surface area contributed by atoms with Gasteiger partial charge in [-0.1, -0.05) is 0 Å². The van der Waals surface area contributed by atoms with Crippen molar-refractivity contribution in [1.29, 1.82) is 0 Å². The van der Waals surface area contributed by atoms with Crippen LogP contribution in [0.4, 0.5) is 0 Å². The Hall–Kier alpha value is -1.82. The highest BCUT2D eigenvalue weighted by Gasteiger charge is 2.55. The highest BCUT2D eigenvalue weighted by Crippen LogP contribution is 2.34. The molecule has 0 unspecified atom stereocenters. The van der Waals surface area contributed by atoms with Crippen molar-refractivity contribution in [2.24, 2.45) is 0 Å². The summed E-state index contributed by atoms with van der Waals surface area (Å²) in [6.45, 7) is -1.25. The van der Waals surface area contributed by atoms with Gasteiger partial charge in [0.15, 0.2) is 25.2 Å². The molecule has 0 aliphatic carbocycles. The number of aliphatic hydroxyl groups is 12. The average molecular weight is 749 g/mol. The van der Waals surface area contributed by atoms with Crippen molar-refractivity contribution in [3.8, 4) is 0 Å². The summed E-state index contributed by atoms with van der Waals surface area (Å²) < 4.78 is 39.0. The molecular formula is C28H48N2O21. The zero-order chi connectivity index (χ0) is 37.9. The largest absolute Gasteiger partial charge is 0.394 e. The van der Waals surface area contributed by atoms with Crippen LogP contribution in [0.3, 0.4) is 0 Å². The van der Waals surface area contributed by atoms with Crippen LogP contribution < -0.4 is 10.6 Å². The lowest BCUT2D eigenvalue weighted by Crippen LogP contribution is -2.70. The molecule has 23 heteroatoms. The second-order valence-corrected chi connectivity index (χ2v) is 12.6. The van der Waals surface area contributed by atoms with Gasteiger partial charge in [0, 0.05) is 13.8 Å². The van der Waals surface area contributed by atoms with E-state index < -0.39 is 161 Å². The van der Waals surface area contributed by atoms with E-state index in [2.05, 4.69) is 10.6 Å². The Labute approximate surface area is 289 Å². The number of amides is 2. The van der Waals surface area contributed by atoms with Crippen LogP contribution in [-0.2, 0) is 42.7 Å². The fourth-order valence-corrected chi connectivity index (χ4v) is 6.35. The van der Waals surface area contributed by atoms with Crippen molar-refractivity contribution in [2.45, 2.75) is 137 Å². The minimum atomic E-state index is -2.04. The van der Waals surface area contributed by atoms with Gasteiger partial charge in [0.25, 0.3) is 0 Å². The molecule has 23 nitrogen and oxygen atoms in total. The lowest BCUT2D eigenvalue weighted by molar-refractivity contribution is -0.375. The van der Waals surface area contributed by atoms with E-state index in [4.69, 9.17) is 33.2 Å². The lowest BCUT2D eigenvalue weighted by Gasteiger charge is -2.50. The Balaban J connectivity index is 1.53. The van der Waals surface area contributed by atoms with Crippen molar-refractivity contribution in [2.75, 3.05) is 26.4 Å². The zero-order valence-corrected chi connectivity index (χ0v) is 27.4. The van der Waals surface area contributed by atoms with Gasteiger partial charge < -0.3 is 105 Å². The van der Waals surface area contributed by atoms with Crippen molar-refractivity contribution in [1.82, 2.24) is 10.6 Å². The summed E-state index contributed by atoms with van der Waals surface area (Å²) >= 11 is 0. The van der Waals surface area contributed by atoms with Crippen molar-refractivity contribution in [3.63, 3.8) is 0 Å². The number of rotatable bonds is 12. The normalized spacial score (nSPS) is 47.8. The van der Waals surface area contributed by atoms with Crippen LogP contribution in [0.1, 0.15) is 13.8 Å². The van der Waals surface area contributed by atoms with Gasteiger partial charge in [0.2, 0.25) is 11.8 Å². The molecule has 0 spiro atoms. The summed E-state index contributed by atoms with van der Waals surface area (Å²) in [5.41, 5.74) is 0. The Kier molecular flexibility index (Phi) is 14.8. The topological polar surface area (TPSA) is 366 Å². The van der Waals surface area contributed by atoms with Gasteiger partial charge >= 0.3 is 0 Å². The minimum Gasteiger partial charge on any atom is -0.394 e. The van der Waals surface area contributed by atoms with E-state index in [1.807, 2.05) is 0 Å². The van der Waals surface area contributed by atoms with E-state index in [-0.39, 0.29) is 0 Å². The van der Waals surface area contributed by atoms with E-state index in [9.17, 15) is 70.9 Å². The fourth-order valence-electron chi connectivity index (χ4n) is 6.35. The van der Waals surface area contributed by atoms with Crippen LogP contribution in [-0.4, -0.2) is 222 Å². The van der Waals surface area contributed by atoms with Gasteiger partial charge in [-0.25, -0.2) is 0 Å². The molecule has 0 radical (unpaired) electrons. The molecule has 2 amide bonds. The van der Waals surface area contributed by atoms with Crippen molar-refractivity contribution < 1.29 is 104 Å². The summed E-state index contributed by atoms with van der Waals surface area (Å²) in [7, 11) is 0. The standard InChI is InChI=1S/C28H48N2O21/c1-7(35)29-13-17(39)22(50-27-20(42)18(40)15(37)9(3-31)46-27)11(5-33)47-26(13)49-23-12(6-34)48-28(21(43)19(23)41)51-24-14(30-8(2)36)25(44)45-10(4-32)16(24)38/h9-28,31-34,37-44H,3-6H2,1-2H3,(H,29,35)(H,30,36)/t9-,10-,11-,12-,13-,14-,15+,16+,17-,18+,19-,20-,21-,22-,23+,24-,25+,26+,27+,28+/m1/s1. The Morgan fingerprint density at radius 3 is 1.41 bits per heavy atom. The molecule has 4 heterocycles. The number of aliphatic hydroxyl groups excluding tert-OH is 12. The molecule has 0 aromatic heterocycles. The van der Waals surface area contributed by atoms with E-state index in [0.29, 0.717) is 0 Å². The van der Waals surface area contributed by atoms with E-state index in [0.717, 1.165) is 13.8 Å². The lowest BCUT2D eigenvalue weighted by atomic mass is 9.94. The Bertz CT molecular complexity index is 1140. The van der Waals surface area contributed by atoms with Crippen LogP contribution in [0.15, 0.2) is 0 Å². The first kappa shape index (κ1) is 41.9. The molecule has 4 aliphatic heterocycles. The molecule has 20 atom stereocenters. The molecule has 0 aromatic rings. The smallest absolute Gasteiger partial charge is 0.217 e. The number of ether oxygens (including phenoxy) is 7. The van der Waals surface area contributed by atoms with Crippen LogP contribution in [0.25, 0.3) is 0 Å². The second-order valence-electron chi connectivity index (χ2n) is 12.6. The SMILES string of the molecule is CC(=O)N[C@@H]1[C@@H](O[C@@H]2O[C@H](CO)[C@H](O[C@@H]3O[C@H](CO)[C@@H](O[C@@H]4O[C@H](CO)[C@H](O)[C@H](O)[C@H]4O)[C@H](O)[C@H]3NC(C)=O)[C@H](O)[C@H]2O)[C@@H](O)[C@@H](CO)O[C@@H]1O. The predicted octanol–water partition coefficient (Wildman–Crippen LogP) is -9.46. The monoisotopic (exact) mass is 748 g/mol. The van der Waals surface area contributed by atoms with Gasteiger partial charge in [-0.2, -0.15) is 0 Å². The third-order valence-electron chi connectivity index (χ3n) is 9.01. The summed E-state index contributed by atoms with van der Waals surface area (Å²) in [5.74, 6) is -1.42. The molecule has 0 bridgehead atoms. The molecule has 4 saturated heterocycles. The van der Waals surface area contributed by atoms with Gasteiger partial charge in [0.05, 0.1) is 26.4 Å². The summed E-state index contributed by atoms with van der Waals surface area (Å²) in [6.07, 6.45) is -31.2. The number of carbonyl (C=O) groups is 2. The number of hydrogen-bond acceptors (Lipinski definition) is 21. The van der Waals surface area contributed by atoms with Gasteiger partial charge in [-0.05, 0) is 0 Å². The molecule has 296 valence electrons. The molecule has 4 rings (SSSR count). The first-order valence-electron chi connectivity index (χ1n) is 16.1. The van der Waals surface area contributed by atoms with E-state index in [1.54, 1.807) is 0 Å². The summed E-state index contributed by atoms with van der Waals surface area (Å²) in [6, 6.07) is -3.05.